The topological polar surface area (TPSA) is 34.2 Å². The molecule has 0 amide bonds. The lowest BCUT2D eigenvalue weighted by atomic mass is 10.3. The Labute approximate surface area is 177 Å². The first-order chi connectivity index (χ1) is 13.2. The molecule has 0 rings (SSSR count). The van der Waals surface area contributed by atoms with Crippen molar-refractivity contribution in [1.82, 2.24) is 9.34 Å². The molecule has 0 aromatic rings. The van der Waals surface area contributed by atoms with E-state index in [4.69, 9.17) is 14.0 Å². The van der Waals surface area contributed by atoms with E-state index in [1.54, 1.807) is 0 Å². The van der Waals surface area contributed by atoms with Crippen LogP contribution < -0.4 is 0 Å². The lowest BCUT2D eigenvalue weighted by molar-refractivity contribution is -0.147. The number of hydrogen-bond donors (Lipinski definition) is 0. The van der Waals surface area contributed by atoms with Crippen LogP contribution in [0.5, 0.6) is 0 Å². The first-order valence-corrected chi connectivity index (χ1v) is 12.6. The van der Waals surface area contributed by atoms with E-state index in [1.165, 1.54) is 0 Å². The van der Waals surface area contributed by atoms with Gasteiger partial charge in [-0.05, 0) is 74.7 Å². The van der Waals surface area contributed by atoms with Crippen molar-refractivity contribution in [2.24, 2.45) is 0 Å². The molecule has 0 aliphatic carbocycles. The molecule has 0 unspecified atom stereocenters. The zero-order valence-electron chi connectivity index (χ0n) is 20.4. The molecule has 0 aliphatic heterocycles. The first kappa shape index (κ1) is 28.2. The standard InChI is InChI=1S/C22H49N2O3P/c1-11-15-25-22(26-16-12-2)14-13-17-27-28(23(18(3)4)19(5)6)24(20(7)8)21(9)10/h18-22H,11-17H2,1-10H3. The highest BCUT2D eigenvalue weighted by molar-refractivity contribution is 7.47. The fraction of sp³-hybridized carbons (Fsp3) is 1.00. The van der Waals surface area contributed by atoms with Crippen molar-refractivity contribution in [3.8, 4) is 0 Å². The summed E-state index contributed by atoms with van der Waals surface area (Å²) in [5.41, 5.74) is 0. The largest absolute Gasteiger partial charge is 0.353 e. The van der Waals surface area contributed by atoms with E-state index in [0.29, 0.717) is 24.2 Å². The van der Waals surface area contributed by atoms with Gasteiger partial charge in [0.15, 0.2) is 14.7 Å². The molecule has 0 saturated carbocycles. The summed E-state index contributed by atoms with van der Waals surface area (Å²) in [6.07, 6.45) is 3.76. The van der Waals surface area contributed by atoms with Crippen LogP contribution in [0.1, 0.15) is 94.9 Å². The second-order valence-corrected chi connectivity index (χ2v) is 10.2. The van der Waals surface area contributed by atoms with Gasteiger partial charge in [0.2, 0.25) is 0 Å². The minimum Gasteiger partial charge on any atom is -0.353 e. The summed E-state index contributed by atoms with van der Waals surface area (Å²) in [5, 5.41) is 0. The lowest BCUT2D eigenvalue weighted by Crippen LogP contribution is -2.43. The summed E-state index contributed by atoms with van der Waals surface area (Å²) in [6.45, 7) is 24.7. The average Bonchev–Trinajstić information content (AvgIpc) is 2.58. The van der Waals surface area contributed by atoms with Gasteiger partial charge in [-0.3, -0.25) is 0 Å². The molecule has 0 heterocycles. The zero-order valence-corrected chi connectivity index (χ0v) is 21.3. The predicted molar refractivity (Wildman–Crippen MR) is 123 cm³/mol. The van der Waals surface area contributed by atoms with Gasteiger partial charge in [-0.25, -0.2) is 9.34 Å². The Morgan fingerprint density at radius 1 is 0.643 bits per heavy atom. The quantitative estimate of drug-likeness (QED) is 0.154. The van der Waals surface area contributed by atoms with Crippen molar-refractivity contribution >= 4 is 8.45 Å². The number of ether oxygens (including phenoxy) is 2. The molecular weight excluding hydrogens is 371 g/mol. The van der Waals surface area contributed by atoms with Crippen molar-refractivity contribution < 1.29 is 14.0 Å². The Balaban J connectivity index is 4.99. The molecule has 0 N–H and O–H groups in total. The highest BCUT2D eigenvalue weighted by atomic mass is 31.2. The van der Waals surface area contributed by atoms with Crippen LogP contribution in [0.2, 0.25) is 0 Å². The van der Waals surface area contributed by atoms with Crippen molar-refractivity contribution in [2.45, 2.75) is 125 Å². The van der Waals surface area contributed by atoms with Gasteiger partial charge in [0.25, 0.3) is 0 Å². The molecule has 6 heteroatoms. The van der Waals surface area contributed by atoms with Gasteiger partial charge in [-0.2, -0.15) is 0 Å². The van der Waals surface area contributed by atoms with Gasteiger partial charge in [0.05, 0.1) is 6.61 Å². The summed E-state index contributed by atoms with van der Waals surface area (Å²) in [6, 6.07) is 1.78. The third-order valence-corrected chi connectivity index (χ3v) is 7.37. The van der Waals surface area contributed by atoms with Crippen molar-refractivity contribution in [3.63, 3.8) is 0 Å². The summed E-state index contributed by atoms with van der Waals surface area (Å²) in [7, 11) is -0.813. The second-order valence-electron chi connectivity index (χ2n) is 8.53. The second kappa shape index (κ2) is 16.0. The van der Waals surface area contributed by atoms with Crippen molar-refractivity contribution in [1.29, 1.82) is 0 Å². The van der Waals surface area contributed by atoms with E-state index in [9.17, 15) is 0 Å². The normalized spacial score (nSPS) is 13.1. The van der Waals surface area contributed by atoms with E-state index < -0.39 is 8.45 Å². The van der Waals surface area contributed by atoms with Crippen LogP contribution in [-0.4, -0.2) is 59.6 Å². The fourth-order valence-corrected chi connectivity index (χ4v) is 5.72. The van der Waals surface area contributed by atoms with E-state index in [-0.39, 0.29) is 6.29 Å². The number of hydrogen-bond acceptors (Lipinski definition) is 5. The lowest BCUT2D eigenvalue weighted by Gasteiger charge is -2.45. The SMILES string of the molecule is CCCOC(CCCOP(N(C(C)C)C(C)C)N(C(C)C)C(C)C)OCCC. The molecule has 0 radical (unpaired) electrons. The van der Waals surface area contributed by atoms with Gasteiger partial charge in [0.1, 0.15) is 0 Å². The van der Waals surface area contributed by atoms with Gasteiger partial charge in [-0.15, -0.1) is 0 Å². The Morgan fingerprint density at radius 3 is 1.36 bits per heavy atom. The molecule has 170 valence electrons. The highest BCUT2D eigenvalue weighted by Gasteiger charge is 2.34. The molecule has 0 aliphatic rings. The summed E-state index contributed by atoms with van der Waals surface area (Å²) in [5.74, 6) is 0. The molecule has 0 spiro atoms. The fourth-order valence-electron chi connectivity index (χ4n) is 3.34. The van der Waals surface area contributed by atoms with Crippen molar-refractivity contribution in [2.75, 3.05) is 19.8 Å². The van der Waals surface area contributed by atoms with Gasteiger partial charge < -0.3 is 14.0 Å². The summed E-state index contributed by atoms with van der Waals surface area (Å²) >= 11 is 0. The summed E-state index contributed by atoms with van der Waals surface area (Å²) in [4.78, 5) is 0. The number of rotatable bonds is 17. The van der Waals surface area contributed by atoms with Crippen molar-refractivity contribution in [3.05, 3.63) is 0 Å². The third-order valence-electron chi connectivity index (χ3n) is 4.32. The van der Waals surface area contributed by atoms with E-state index in [2.05, 4.69) is 78.6 Å². The maximum atomic E-state index is 6.58. The molecule has 5 nitrogen and oxygen atoms in total. The zero-order chi connectivity index (χ0) is 21.7. The molecule has 0 fully saturated rings. The minimum absolute atomic E-state index is 0.104. The van der Waals surface area contributed by atoms with Crippen LogP contribution in [0, 0.1) is 0 Å². The molecule has 0 aromatic heterocycles. The Kier molecular flexibility index (Phi) is 16.1. The van der Waals surface area contributed by atoms with Gasteiger partial charge in [0, 0.05) is 43.8 Å². The van der Waals surface area contributed by atoms with E-state index in [1.807, 2.05) is 0 Å². The van der Waals surface area contributed by atoms with E-state index >= 15 is 0 Å². The highest BCUT2D eigenvalue weighted by Crippen LogP contribution is 2.50. The molecule has 0 bridgehead atoms. The predicted octanol–water partition coefficient (Wildman–Crippen LogP) is 6.43. The first-order valence-electron chi connectivity index (χ1n) is 11.4. The molecule has 28 heavy (non-hydrogen) atoms. The van der Waals surface area contributed by atoms with Gasteiger partial charge in [-0.1, -0.05) is 13.8 Å². The van der Waals surface area contributed by atoms with Crippen LogP contribution in [0.15, 0.2) is 0 Å². The summed E-state index contributed by atoms with van der Waals surface area (Å²) < 4.78 is 23.4. The Bertz CT molecular complexity index is 324. The van der Waals surface area contributed by atoms with Crippen LogP contribution in [0.4, 0.5) is 0 Å². The van der Waals surface area contributed by atoms with Crippen LogP contribution in [-0.2, 0) is 14.0 Å². The monoisotopic (exact) mass is 420 g/mol. The van der Waals surface area contributed by atoms with Crippen LogP contribution in [0.3, 0.4) is 0 Å². The Morgan fingerprint density at radius 2 is 1.04 bits per heavy atom. The van der Waals surface area contributed by atoms with Gasteiger partial charge >= 0.3 is 0 Å². The van der Waals surface area contributed by atoms with E-state index in [0.717, 1.165) is 45.5 Å². The third kappa shape index (κ3) is 10.8. The van der Waals surface area contributed by atoms with Crippen LogP contribution in [0.25, 0.3) is 0 Å². The molecular formula is C22H49N2O3P. The average molecular weight is 421 g/mol. The smallest absolute Gasteiger partial charge is 0.188 e. The molecule has 0 aromatic carbocycles. The Hall–Kier alpha value is 0.230. The number of nitrogens with zero attached hydrogens (tertiary/aromatic N) is 2. The molecule has 0 atom stereocenters. The maximum absolute atomic E-state index is 6.58. The molecule has 0 saturated heterocycles. The minimum atomic E-state index is -0.813. The maximum Gasteiger partial charge on any atom is 0.188 e. The van der Waals surface area contributed by atoms with Crippen LogP contribution >= 0.6 is 8.45 Å².